The molecular formula is C23H18Cl2N2O. The second-order valence-electron chi connectivity index (χ2n) is 6.80. The first kappa shape index (κ1) is 18.6. The van der Waals surface area contributed by atoms with Crippen molar-refractivity contribution < 1.29 is 4.79 Å². The van der Waals surface area contributed by atoms with Gasteiger partial charge in [-0.15, -0.1) is 0 Å². The van der Waals surface area contributed by atoms with Crippen LogP contribution in [0.2, 0.25) is 10.0 Å². The number of hydrogen-bond donors (Lipinski definition) is 2. The first-order valence-electron chi connectivity index (χ1n) is 8.88. The van der Waals surface area contributed by atoms with Crippen LogP contribution >= 0.6 is 23.2 Å². The van der Waals surface area contributed by atoms with E-state index in [-0.39, 0.29) is 5.78 Å². The highest BCUT2D eigenvalue weighted by Gasteiger charge is 2.16. The number of H-pyrrole nitrogens is 1. The van der Waals surface area contributed by atoms with E-state index in [2.05, 4.69) is 29.4 Å². The normalized spacial score (nSPS) is 11.0. The van der Waals surface area contributed by atoms with Crippen LogP contribution in [0.5, 0.6) is 0 Å². The number of aromatic nitrogens is 1. The third-order valence-corrected chi connectivity index (χ3v) is 5.41. The Morgan fingerprint density at radius 3 is 2.43 bits per heavy atom. The zero-order valence-corrected chi connectivity index (χ0v) is 16.9. The molecule has 5 heteroatoms. The molecule has 0 radical (unpaired) electrons. The van der Waals surface area contributed by atoms with Gasteiger partial charge in [0.25, 0.3) is 0 Å². The molecule has 0 spiro atoms. The van der Waals surface area contributed by atoms with Crippen molar-refractivity contribution in [2.24, 2.45) is 0 Å². The number of benzene rings is 3. The second-order valence-corrected chi connectivity index (χ2v) is 7.65. The average molecular weight is 409 g/mol. The van der Waals surface area contributed by atoms with E-state index in [9.17, 15) is 4.79 Å². The van der Waals surface area contributed by atoms with Crippen molar-refractivity contribution in [3.05, 3.63) is 93.1 Å². The Bertz CT molecular complexity index is 1210. The van der Waals surface area contributed by atoms with Gasteiger partial charge in [-0.2, -0.15) is 0 Å². The Labute approximate surface area is 173 Å². The largest absolute Gasteiger partial charge is 0.359 e. The molecule has 140 valence electrons. The van der Waals surface area contributed by atoms with E-state index >= 15 is 0 Å². The summed E-state index contributed by atoms with van der Waals surface area (Å²) < 4.78 is 0. The molecule has 0 unspecified atom stereocenters. The molecule has 0 bridgehead atoms. The summed E-state index contributed by atoms with van der Waals surface area (Å²) in [7, 11) is 0. The van der Waals surface area contributed by atoms with E-state index < -0.39 is 0 Å². The molecule has 0 aliphatic carbocycles. The van der Waals surface area contributed by atoms with E-state index in [0.29, 0.717) is 21.2 Å². The fraction of sp³-hybridized carbons (Fsp3) is 0.0870. The van der Waals surface area contributed by atoms with Gasteiger partial charge in [0.2, 0.25) is 0 Å². The van der Waals surface area contributed by atoms with Gasteiger partial charge < -0.3 is 10.3 Å². The minimum absolute atomic E-state index is 0.118. The van der Waals surface area contributed by atoms with E-state index in [1.807, 2.05) is 25.3 Å². The summed E-state index contributed by atoms with van der Waals surface area (Å²) >= 11 is 12.4. The van der Waals surface area contributed by atoms with E-state index in [1.54, 1.807) is 30.3 Å². The molecule has 0 fully saturated rings. The maximum absolute atomic E-state index is 12.9. The van der Waals surface area contributed by atoms with Crippen molar-refractivity contribution >= 4 is 51.3 Å². The van der Waals surface area contributed by atoms with E-state index in [1.165, 1.54) is 10.9 Å². The fourth-order valence-corrected chi connectivity index (χ4v) is 3.86. The molecule has 4 aromatic rings. The number of carbonyl (C=O) groups is 1. The predicted molar refractivity (Wildman–Crippen MR) is 117 cm³/mol. The van der Waals surface area contributed by atoms with Crippen LogP contribution in [0.25, 0.3) is 10.9 Å². The Balaban J connectivity index is 1.65. The molecule has 1 heterocycles. The van der Waals surface area contributed by atoms with Crippen LogP contribution in [0.15, 0.2) is 60.8 Å². The highest BCUT2D eigenvalue weighted by atomic mass is 35.5. The Morgan fingerprint density at radius 2 is 1.68 bits per heavy atom. The minimum atomic E-state index is -0.118. The quantitative estimate of drug-likeness (QED) is 0.354. The third kappa shape index (κ3) is 3.39. The van der Waals surface area contributed by atoms with Crippen LogP contribution in [-0.4, -0.2) is 10.8 Å². The van der Waals surface area contributed by atoms with Crippen LogP contribution < -0.4 is 5.32 Å². The maximum Gasteiger partial charge on any atom is 0.194 e. The number of anilines is 2. The molecular weight excluding hydrogens is 391 g/mol. The van der Waals surface area contributed by atoms with Gasteiger partial charge in [0.15, 0.2) is 5.78 Å². The van der Waals surface area contributed by atoms with Gasteiger partial charge in [0, 0.05) is 33.4 Å². The summed E-state index contributed by atoms with van der Waals surface area (Å²) in [5.41, 5.74) is 5.89. The van der Waals surface area contributed by atoms with Crippen molar-refractivity contribution in [2.75, 3.05) is 5.32 Å². The lowest BCUT2D eigenvalue weighted by Gasteiger charge is -2.12. The summed E-state index contributed by atoms with van der Waals surface area (Å²) in [5, 5.41) is 5.56. The minimum Gasteiger partial charge on any atom is -0.359 e. The predicted octanol–water partition coefficient (Wildman–Crippen LogP) is 7.07. The summed E-state index contributed by atoms with van der Waals surface area (Å²) in [4.78, 5) is 16.2. The van der Waals surface area contributed by atoms with Gasteiger partial charge in [-0.05, 0) is 73.5 Å². The summed E-state index contributed by atoms with van der Waals surface area (Å²) in [6.45, 7) is 3.94. The number of aryl methyl sites for hydroxylation is 2. The number of halogens is 2. The molecule has 0 saturated heterocycles. The lowest BCUT2D eigenvalue weighted by molar-refractivity contribution is 0.103. The molecule has 3 aromatic carbocycles. The molecule has 3 nitrogen and oxygen atoms in total. The van der Waals surface area contributed by atoms with Crippen molar-refractivity contribution in [1.82, 2.24) is 4.98 Å². The van der Waals surface area contributed by atoms with Crippen LogP contribution in [0.1, 0.15) is 27.0 Å². The van der Waals surface area contributed by atoms with E-state index in [4.69, 9.17) is 23.2 Å². The topological polar surface area (TPSA) is 44.9 Å². The first-order chi connectivity index (χ1) is 13.4. The Kier molecular flexibility index (Phi) is 4.88. The number of rotatable bonds is 4. The molecule has 0 aliphatic rings. The van der Waals surface area contributed by atoms with Gasteiger partial charge in [0.05, 0.1) is 16.2 Å². The maximum atomic E-state index is 12.9. The first-order valence-corrected chi connectivity index (χ1v) is 9.64. The van der Waals surface area contributed by atoms with Gasteiger partial charge in [-0.3, -0.25) is 4.79 Å². The number of ketones is 1. The van der Waals surface area contributed by atoms with Gasteiger partial charge in [0.1, 0.15) is 0 Å². The molecule has 4 rings (SSSR count). The SMILES string of the molecule is Cc1cc(Cl)ccc1C(=O)c1ccc(Nc2ccc(C)c3cc[nH]c23)cc1Cl. The summed E-state index contributed by atoms with van der Waals surface area (Å²) in [6, 6.07) is 16.8. The molecule has 0 atom stereocenters. The molecule has 1 aromatic heterocycles. The van der Waals surface area contributed by atoms with Crippen LogP contribution in [-0.2, 0) is 0 Å². The third-order valence-electron chi connectivity index (χ3n) is 4.87. The van der Waals surface area contributed by atoms with Crippen molar-refractivity contribution in [3.8, 4) is 0 Å². The van der Waals surface area contributed by atoms with Gasteiger partial charge in [-0.25, -0.2) is 0 Å². The number of nitrogens with one attached hydrogen (secondary N) is 2. The smallest absolute Gasteiger partial charge is 0.194 e. The van der Waals surface area contributed by atoms with Gasteiger partial charge in [-0.1, -0.05) is 29.3 Å². The van der Waals surface area contributed by atoms with Crippen LogP contribution in [0.4, 0.5) is 11.4 Å². The number of hydrogen-bond acceptors (Lipinski definition) is 2. The molecule has 0 saturated carbocycles. The monoisotopic (exact) mass is 408 g/mol. The van der Waals surface area contributed by atoms with Crippen molar-refractivity contribution in [1.29, 1.82) is 0 Å². The number of carbonyl (C=O) groups excluding carboxylic acids is 1. The standard InChI is InChI=1S/C23H18Cl2N2O/c1-13-3-8-21(22-17(13)9-10-26-22)27-16-5-7-19(20(25)12-16)23(28)18-6-4-15(24)11-14(18)2/h3-12,26-27H,1-2H3. The lowest BCUT2D eigenvalue weighted by Crippen LogP contribution is -2.05. The summed E-state index contributed by atoms with van der Waals surface area (Å²) in [5.74, 6) is -0.118. The average Bonchev–Trinajstić information content (AvgIpc) is 3.15. The molecule has 0 aliphatic heterocycles. The molecule has 0 amide bonds. The van der Waals surface area contributed by atoms with Gasteiger partial charge >= 0.3 is 0 Å². The zero-order chi connectivity index (χ0) is 19.8. The second kappa shape index (κ2) is 7.34. The molecule has 2 N–H and O–H groups in total. The van der Waals surface area contributed by atoms with Crippen molar-refractivity contribution in [2.45, 2.75) is 13.8 Å². The highest BCUT2D eigenvalue weighted by molar-refractivity contribution is 6.35. The Hall–Kier alpha value is -2.75. The zero-order valence-electron chi connectivity index (χ0n) is 15.4. The molecule has 28 heavy (non-hydrogen) atoms. The fourth-order valence-electron chi connectivity index (χ4n) is 3.37. The lowest BCUT2D eigenvalue weighted by atomic mass is 9.99. The number of aromatic amines is 1. The van der Waals surface area contributed by atoms with E-state index in [0.717, 1.165) is 22.5 Å². The highest BCUT2D eigenvalue weighted by Crippen LogP contribution is 2.30. The van der Waals surface area contributed by atoms with Crippen molar-refractivity contribution in [3.63, 3.8) is 0 Å². The Morgan fingerprint density at radius 1 is 0.893 bits per heavy atom. The number of fused-ring (bicyclic) bond motifs is 1. The van der Waals surface area contributed by atoms with Crippen LogP contribution in [0, 0.1) is 13.8 Å². The van der Waals surface area contributed by atoms with Crippen LogP contribution in [0.3, 0.4) is 0 Å². The summed E-state index contributed by atoms with van der Waals surface area (Å²) in [6.07, 6.45) is 1.92.